The third kappa shape index (κ3) is 3.30. The Hall–Kier alpha value is -3.36. The van der Waals surface area contributed by atoms with E-state index in [1.54, 1.807) is 47.1 Å². The van der Waals surface area contributed by atoms with Gasteiger partial charge in [-0.1, -0.05) is 5.21 Å². The molecule has 0 aliphatic carbocycles. The van der Waals surface area contributed by atoms with E-state index in [-0.39, 0.29) is 31.8 Å². The molecule has 144 valence electrons. The number of primary amides is 1. The molecule has 2 N–H and O–H groups in total. The third-order valence-electron chi connectivity index (χ3n) is 4.87. The van der Waals surface area contributed by atoms with Crippen LogP contribution in [0.3, 0.4) is 0 Å². The number of halogens is 2. The van der Waals surface area contributed by atoms with E-state index in [0.29, 0.717) is 27.8 Å². The molecule has 2 amide bonds. The fourth-order valence-corrected chi connectivity index (χ4v) is 3.23. The number of hydrogen-bond acceptors (Lipinski definition) is 4. The van der Waals surface area contributed by atoms with Gasteiger partial charge in [-0.2, -0.15) is 0 Å². The number of hydrogen-bond donors (Lipinski definition) is 1. The normalized spacial score (nSPS) is 16.3. The van der Waals surface area contributed by atoms with Gasteiger partial charge in [0.1, 0.15) is 5.52 Å². The second-order valence-corrected chi connectivity index (χ2v) is 6.76. The van der Waals surface area contributed by atoms with Gasteiger partial charge in [0.15, 0.2) is 0 Å². The van der Waals surface area contributed by atoms with E-state index in [2.05, 4.69) is 10.3 Å². The Morgan fingerprint density at radius 3 is 2.29 bits per heavy atom. The van der Waals surface area contributed by atoms with Gasteiger partial charge in [-0.3, -0.25) is 9.59 Å². The fraction of sp³-hybridized carbons (Fsp3) is 0.263. The third-order valence-corrected chi connectivity index (χ3v) is 4.87. The molecule has 1 saturated heterocycles. The van der Waals surface area contributed by atoms with E-state index < -0.39 is 11.8 Å². The number of alkyl halides is 2. The highest BCUT2D eigenvalue weighted by Gasteiger charge is 2.35. The Morgan fingerprint density at radius 1 is 1.00 bits per heavy atom. The number of likely N-dealkylation sites (tertiary alicyclic amines) is 1. The largest absolute Gasteiger partial charge is 0.366 e. The van der Waals surface area contributed by atoms with Crippen LogP contribution in [-0.2, 0) is 0 Å². The summed E-state index contributed by atoms with van der Waals surface area (Å²) in [5, 5.41) is 8.19. The fourth-order valence-electron chi connectivity index (χ4n) is 3.23. The number of piperidine rings is 1. The van der Waals surface area contributed by atoms with E-state index in [4.69, 9.17) is 5.73 Å². The van der Waals surface area contributed by atoms with Crippen LogP contribution in [0.1, 0.15) is 33.6 Å². The minimum absolute atomic E-state index is 0.0305. The lowest BCUT2D eigenvalue weighted by Gasteiger charge is -2.31. The molecule has 2 aromatic carbocycles. The Bertz CT molecular complexity index is 1050. The number of carbonyl (C=O) groups is 2. The number of fused-ring (bicyclic) bond motifs is 1. The zero-order valence-electron chi connectivity index (χ0n) is 14.8. The highest BCUT2D eigenvalue weighted by atomic mass is 19.3. The van der Waals surface area contributed by atoms with Crippen LogP contribution in [0.4, 0.5) is 8.78 Å². The summed E-state index contributed by atoms with van der Waals surface area (Å²) in [5.74, 6) is -3.51. The van der Waals surface area contributed by atoms with Crippen molar-refractivity contribution >= 4 is 22.8 Å². The molecule has 7 nitrogen and oxygen atoms in total. The lowest BCUT2D eigenvalue weighted by Crippen LogP contribution is -2.42. The maximum atomic E-state index is 13.3. The molecule has 4 rings (SSSR count). The van der Waals surface area contributed by atoms with Gasteiger partial charge in [-0.15, -0.1) is 5.10 Å². The molecule has 1 aliphatic rings. The number of aromatic nitrogens is 3. The predicted octanol–water partition coefficient (Wildman–Crippen LogP) is 2.39. The molecule has 0 atom stereocenters. The molecule has 0 radical (unpaired) electrons. The average Bonchev–Trinajstić information content (AvgIpc) is 3.10. The zero-order chi connectivity index (χ0) is 19.9. The summed E-state index contributed by atoms with van der Waals surface area (Å²) < 4.78 is 28.2. The maximum Gasteiger partial charge on any atom is 0.253 e. The first kappa shape index (κ1) is 18.0. The van der Waals surface area contributed by atoms with Crippen molar-refractivity contribution in [3.63, 3.8) is 0 Å². The minimum atomic E-state index is -2.70. The number of amides is 2. The standard InChI is InChI=1S/C19H17F2N5O2/c20-19(21)7-9-25(10-8-19)18(28)13-3-6-16-15(11-13)23-24-26(16)14-4-1-12(2-5-14)17(22)27/h1-6,11H,7-10H2,(H2,22,27). The average molecular weight is 385 g/mol. The van der Waals surface area contributed by atoms with Gasteiger partial charge in [0.25, 0.3) is 11.8 Å². The Kier molecular flexibility index (Phi) is 4.29. The Morgan fingerprint density at radius 2 is 1.64 bits per heavy atom. The van der Waals surface area contributed by atoms with Crippen LogP contribution in [0.5, 0.6) is 0 Å². The molecule has 3 aromatic rings. The first-order valence-corrected chi connectivity index (χ1v) is 8.77. The molecule has 1 aliphatic heterocycles. The number of nitrogens with zero attached hydrogens (tertiary/aromatic N) is 4. The van der Waals surface area contributed by atoms with Crippen LogP contribution in [-0.4, -0.2) is 50.7 Å². The van der Waals surface area contributed by atoms with Crippen LogP contribution < -0.4 is 5.73 Å². The van der Waals surface area contributed by atoms with Gasteiger partial charge in [-0.05, 0) is 42.5 Å². The molecule has 2 heterocycles. The summed E-state index contributed by atoms with van der Waals surface area (Å²) in [7, 11) is 0. The Balaban J connectivity index is 1.59. The van der Waals surface area contributed by atoms with Gasteiger partial charge < -0.3 is 10.6 Å². The van der Waals surface area contributed by atoms with Crippen LogP contribution in [0.15, 0.2) is 42.5 Å². The van der Waals surface area contributed by atoms with Crippen molar-refractivity contribution in [2.45, 2.75) is 18.8 Å². The van der Waals surface area contributed by atoms with Crippen molar-refractivity contribution in [1.29, 1.82) is 0 Å². The van der Waals surface area contributed by atoms with Crippen LogP contribution in [0, 0.1) is 0 Å². The maximum absolute atomic E-state index is 13.3. The highest BCUT2D eigenvalue weighted by Crippen LogP contribution is 2.28. The first-order valence-electron chi connectivity index (χ1n) is 8.77. The number of carbonyl (C=O) groups excluding carboxylic acids is 2. The molecule has 0 saturated carbocycles. The molecule has 0 bridgehead atoms. The molecule has 28 heavy (non-hydrogen) atoms. The smallest absolute Gasteiger partial charge is 0.253 e. The lowest BCUT2D eigenvalue weighted by atomic mass is 10.1. The monoisotopic (exact) mass is 385 g/mol. The summed E-state index contributed by atoms with van der Waals surface area (Å²) in [6.07, 6.45) is -0.642. The second-order valence-electron chi connectivity index (χ2n) is 6.76. The Labute approximate surface area is 158 Å². The summed E-state index contributed by atoms with van der Waals surface area (Å²) in [4.78, 5) is 25.2. The van der Waals surface area contributed by atoms with Gasteiger partial charge in [0.2, 0.25) is 5.91 Å². The number of rotatable bonds is 3. The summed E-state index contributed by atoms with van der Waals surface area (Å²) >= 11 is 0. The van der Waals surface area contributed by atoms with E-state index in [0.717, 1.165) is 0 Å². The predicted molar refractivity (Wildman–Crippen MR) is 97.5 cm³/mol. The highest BCUT2D eigenvalue weighted by molar-refractivity contribution is 5.97. The SMILES string of the molecule is NC(=O)c1ccc(-n2nnc3cc(C(=O)N4CCC(F)(F)CC4)ccc32)cc1. The quantitative estimate of drug-likeness (QED) is 0.749. The molecule has 9 heteroatoms. The van der Waals surface area contributed by atoms with Crippen LogP contribution in [0.2, 0.25) is 0 Å². The summed E-state index contributed by atoms with van der Waals surface area (Å²) in [5.41, 5.74) is 7.88. The van der Waals surface area contributed by atoms with E-state index >= 15 is 0 Å². The van der Waals surface area contributed by atoms with E-state index in [1.807, 2.05) is 0 Å². The molecule has 1 aromatic heterocycles. The van der Waals surface area contributed by atoms with E-state index in [9.17, 15) is 18.4 Å². The molecule has 0 unspecified atom stereocenters. The number of nitrogens with two attached hydrogens (primary N) is 1. The first-order chi connectivity index (χ1) is 13.3. The van der Waals surface area contributed by atoms with Crippen LogP contribution in [0.25, 0.3) is 16.7 Å². The van der Waals surface area contributed by atoms with Gasteiger partial charge in [-0.25, -0.2) is 13.5 Å². The molecule has 1 fully saturated rings. The molecule has 0 spiro atoms. The zero-order valence-corrected chi connectivity index (χ0v) is 14.8. The summed E-state index contributed by atoms with van der Waals surface area (Å²) in [6.45, 7) is 0.0611. The van der Waals surface area contributed by atoms with Gasteiger partial charge in [0, 0.05) is 37.1 Å². The van der Waals surface area contributed by atoms with Crippen molar-refractivity contribution < 1.29 is 18.4 Å². The van der Waals surface area contributed by atoms with Crippen molar-refractivity contribution in [1.82, 2.24) is 19.9 Å². The summed E-state index contributed by atoms with van der Waals surface area (Å²) in [6, 6.07) is 11.5. The van der Waals surface area contributed by atoms with Gasteiger partial charge >= 0.3 is 0 Å². The van der Waals surface area contributed by atoms with Crippen LogP contribution >= 0.6 is 0 Å². The second kappa shape index (κ2) is 6.66. The lowest BCUT2D eigenvalue weighted by molar-refractivity contribution is -0.0494. The van der Waals surface area contributed by atoms with Crippen molar-refractivity contribution in [3.8, 4) is 5.69 Å². The molecular weight excluding hydrogens is 368 g/mol. The van der Waals surface area contributed by atoms with Crippen molar-refractivity contribution in [3.05, 3.63) is 53.6 Å². The van der Waals surface area contributed by atoms with Gasteiger partial charge in [0.05, 0.1) is 11.2 Å². The molecular formula is C19H17F2N5O2. The minimum Gasteiger partial charge on any atom is -0.366 e. The van der Waals surface area contributed by atoms with Crippen molar-refractivity contribution in [2.75, 3.05) is 13.1 Å². The van der Waals surface area contributed by atoms with Crippen molar-refractivity contribution in [2.24, 2.45) is 5.73 Å². The number of benzene rings is 2. The topological polar surface area (TPSA) is 94.1 Å². The van der Waals surface area contributed by atoms with E-state index in [1.165, 1.54) is 4.90 Å².